The SMILES string of the molecule is O=C1CC2(CCN(S(=O)(=O)c3ccc(F)cc3)C2)CN1c1cncnc1. The molecule has 0 N–H and O–H groups in total. The van der Waals surface area contributed by atoms with Crippen molar-refractivity contribution in [2.24, 2.45) is 5.41 Å². The number of rotatable bonds is 3. The summed E-state index contributed by atoms with van der Waals surface area (Å²) < 4.78 is 40.1. The molecule has 1 aromatic heterocycles. The van der Waals surface area contributed by atoms with Crippen molar-refractivity contribution in [2.75, 3.05) is 24.5 Å². The summed E-state index contributed by atoms with van der Waals surface area (Å²) in [5.41, 5.74) is 0.203. The number of benzene rings is 1. The number of carbonyl (C=O) groups is 1. The van der Waals surface area contributed by atoms with E-state index in [2.05, 4.69) is 9.97 Å². The number of hydrogen-bond donors (Lipinski definition) is 0. The molecule has 1 atom stereocenters. The zero-order valence-corrected chi connectivity index (χ0v) is 14.7. The van der Waals surface area contributed by atoms with Gasteiger partial charge in [0.05, 0.1) is 23.0 Å². The molecule has 0 radical (unpaired) electrons. The van der Waals surface area contributed by atoms with E-state index in [-0.39, 0.29) is 23.8 Å². The van der Waals surface area contributed by atoms with Crippen molar-refractivity contribution >= 4 is 21.6 Å². The highest BCUT2D eigenvalue weighted by atomic mass is 32.2. The van der Waals surface area contributed by atoms with Crippen LogP contribution in [-0.4, -0.2) is 48.2 Å². The van der Waals surface area contributed by atoms with E-state index >= 15 is 0 Å². The summed E-state index contributed by atoms with van der Waals surface area (Å²) in [5, 5.41) is 0. The molecule has 0 bridgehead atoms. The van der Waals surface area contributed by atoms with Crippen molar-refractivity contribution in [3.05, 3.63) is 48.8 Å². The van der Waals surface area contributed by atoms with E-state index in [9.17, 15) is 17.6 Å². The van der Waals surface area contributed by atoms with Gasteiger partial charge in [-0.15, -0.1) is 0 Å². The van der Waals surface area contributed by atoms with Gasteiger partial charge in [-0.05, 0) is 30.7 Å². The molecule has 2 aliphatic heterocycles. The molecule has 0 saturated carbocycles. The number of halogens is 1. The van der Waals surface area contributed by atoms with Gasteiger partial charge in [0.15, 0.2) is 0 Å². The predicted octanol–water partition coefficient (Wildman–Crippen LogP) is 1.43. The Kier molecular flexibility index (Phi) is 4.00. The van der Waals surface area contributed by atoms with Gasteiger partial charge in [0.1, 0.15) is 12.1 Å². The first-order valence-corrected chi connectivity index (χ1v) is 9.65. The zero-order valence-electron chi connectivity index (χ0n) is 13.9. The first-order valence-electron chi connectivity index (χ1n) is 8.21. The van der Waals surface area contributed by atoms with Gasteiger partial charge in [-0.25, -0.2) is 22.8 Å². The molecule has 9 heteroatoms. The van der Waals surface area contributed by atoms with Gasteiger partial charge in [-0.2, -0.15) is 4.31 Å². The van der Waals surface area contributed by atoms with Crippen LogP contribution in [0, 0.1) is 11.2 Å². The van der Waals surface area contributed by atoms with E-state index in [0.29, 0.717) is 25.2 Å². The van der Waals surface area contributed by atoms with E-state index in [4.69, 9.17) is 0 Å². The summed E-state index contributed by atoms with van der Waals surface area (Å²) in [6.07, 6.45) is 5.44. The van der Waals surface area contributed by atoms with Crippen LogP contribution in [0.3, 0.4) is 0 Å². The van der Waals surface area contributed by atoms with Crippen molar-refractivity contribution in [1.82, 2.24) is 14.3 Å². The highest BCUT2D eigenvalue weighted by molar-refractivity contribution is 7.89. The lowest BCUT2D eigenvalue weighted by atomic mass is 9.86. The molecule has 26 heavy (non-hydrogen) atoms. The third-order valence-electron chi connectivity index (χ3n) is 5.03. The maximum absolute atomic E-state index is 13.1. The summed E-state index contributed by atoms with van der Waals surface area (Å²) in [4.78, 5) is 22.0. The molecule has 4 rings (SSSR count). The summed E-state index contributed by atoms with van der Waals surface area (Å²) >= 11 is 0. The average molecular weight is 376 g/mol. The lowest BCUT2D eigenvalue weighted by Crippen LogP contribution is -2.34. The van der Waals surface area contributed by atoms with E-state index < -0.39 is 21.3 Å². The third-order valence-corrected chi connectivity index (χ3v) is 6.89. The fourth-order valence-electron chi connectivity index (χ4n) is 3.69. The molecule has 7 nitrogen and oxygen atoms in total. The van der Waals surface area contributed by atoms with Crippen LogP contribution in [0.25, 0.3) is 0 Å². The highest BCUT2D eigenvalue weighted by Gasteiger charge is 2.50. The van der Waals surface area contributed by atoms with Gasteiger partial charge < -0.3 is 4.90 Å². The van der Waals surface area contributed by atoms with Crippen LogP contribution < -0.4 is 4.90 Å². The number of carbonyl (C=O) groups excluding carboxylic acids is 1. The monoisotopic (exact) mass is 376 g/mol. The van der Waals surface area contributed by atoms with Crippen molar-refractivity contribution in [1.29, 1.82) is 0 Å². The maximum Gasteiger partial charge on any atom is 0.243 e. The molecule has 1 amide bonds. The molecule has 2 aromatic rings. The molecular weight excluding hydrogens is 359 g/mol. The molecule has 1 unspecified atom stereocenters. The van der Waals surface area contributed by atoms with Gasteiger partial charge in [-0.1, -0.05) is 0 Å². The third kappa shape index (κ3) is 2.86. The van der Waals surface area contributed by atoms with Crippen molar-refractivity contribution in [3.63, 3.8) is 0 Å². The van der Waals surface area contributed by atoms with E-state index in [1.807, 2.05) is 0 Å². The fourth-order valence-corrected chi connectivity index (χ4v) is 5.24. The lowest BCUT2D eigenvalue weighted by molar-refractivity contribution is -0.117. The summed E-state index contributed by atoms with van der Waals surface area (Å²) in [5.74, 6) is -0.537. The second kappa shape index (κ2) is 6.10. The molecule has 2 fully saturated rings. The standard InChI is InChI=1S/C17H17FN4O3S/c18-13-1-3-15(4-2-13)26(24,25)21-6-5-17(10-21)7-16(23)22(11-17)14-8-19-12-20-9-14/h1-4,8-9,12H,5-7,10-11H2. The maximum atomic E-state index is 13.1. The number of hydrogen-bond acceptors (Lipinski definition) is 5. The Labute approximate surface area is 150 Å². The van der Waals surface area contributed by atoms with Crippen LogP contribution in [0.1, 0.15) is 12.8 Å². The quantitative estimate of drug-likeness (QED) is 0.809. The van der Waals surface area contributed by atoms with E-state index in [0.717, 1.165) is 12.1 Å². The molecule has 2 aliphatic rings. The largest absolute Gasteiger partial charge is 0.309 e. The average Bonchev–Trinajstić information content (AvgIpc) is 3.20. The van der Waals surface area contributed by atoms with Gasteiger partial charge >= 0.3 is 0 Å². The molecular formula is C17H17FN4O3S. The summed E-state index contributed by atoms with van der Waals surface area (Å²) in [6.45, 7) is 1.05. The van der Waals surface area contributed by atoms with Crippen molar-refractivity contribution < 1.29 is 17.6 Å². The lowest BCUT2D eigenvalue weighted by Gasteiger charge is -2.24. The summed E-state index contributed by atoms with van der Waals surface area (Å²) in [7, 11) is -3.71. The molecule has 2 saturated heterocycles. The Morgan fingerprint density at radius 2 is 1.77 bits per heavy atom. The Morgan fingerprint density at radius 3 is 2.46 bits per heavy atom. The fraction of sp³-hybridized carbons (Fsp3) is 0.353. The minimum atomic E-state index is -3.71. The number of aromatic nitrogens is 2. The Morgan fingerprint density at radius 1 is 1.08 bits per heavy atom. The van der Waals surface area contributed by atoms with Crippen LogP contribution in [0.2, 0.25) is 0 Å². The van der Waals surface area contributed by atoms with Crippen LogP contribution >= 0.6 is 0 Å². The van der Waals surface area contributed by atoms with Gasteiger partial charge in [-0.3, -0.25) is 4.79 Å². The molecule has 3 heterocycles. The Bertz CT molecular complexity index is 936. The van der Waals surface area contributed by atoms with Crippen LogP contribution in [-0.2, 0) is 14.8 Å². The van der Waals surface area contributed by atoms with Crippen molar-refractivity contribution in [3.8, 4) is 0 Å². The normalized spacial score (nSPS) is 23.9. The number of amides is 1. The second-order valence-corrected chi connectivity index (χ2v) is 8.73. The second-order valence-electron chi connectivity index (χ2n) is 6.80. The number of nitrogens with zero attached hydrogens (tertiary/aromatic N) is 4. The van der Waals surface area contributed by atoms with Crippen LogP contribution in [0.15, 0.2) is 47.9 Å². The first-order chi connectivity index (χ1) is 12.4. The Balaban J connectivity index is 1.55. The molecule has 1 aromatic carbocycles. The van der Waals surface area contributed by atoms with Crippen LogP contribution in [0.4, 0.5) is 10.1 Å². The highest BCUT2D eigenvalue weighted by Crippen LogP contribution is 2.43. The Hall–Kier alpha value is -2.39. The minimum Gasteiger partial charge on any atom is -0.309 e. The molecule has 1 spiro atoms. The van der Waals surface area contributed by atoms with Gasteiger partial charge in [0, 0.05) is 31.5 Å². The van der Waals surface area contributed by atoms with Crippen LogP contribution in [0.5, 0.6) is 0 Å². The minimum absolute atomic E-state index is 0.0548. The zero-order chi connectivity index (χ0) is 18.4. The number of anilines is 1. The van der Waals surface area contributed by atoms with E-state index in [1.54, 1.807) is 17.3 Å². The van der Waals surface area contributed by atoms with E-state index in [1.165, 1.54) is 22.8 Å². The van der Waals surface area contributed by atoms with Gasteiger partial charge in [0.2, 0.25) is 15.9 Å². The summed E-state index contributed by atoms with van der Waals surface area (Å²) in [6, 6.07) is 4.80. The van der Waals surface area contributed by atoms with Crippen molar-refractivity contribution in [2.45, 2.75) is 17.7 Å². The smallest absolute Gasteiger partial charge is 0.243 e. The number of sulfonamides is 1. The topological polar surface area (TPSA) is 83.5 Å². The first kappa shape index (κ1) is 17.0. The molecule has 136 valence electrons. The van der Waals surface area contributed by atoms with Gasteiger partial charge in [0.25, 0.3) is 0 Å². The molecule has 0 aliphatic carbocycles. The predicted molar refractivity (Wildman–Crippen MR) is 91.2 cm³/mol.